The largest absolute Gasteiger partial charge is 0.350 e. The molecule has 1 aliphatic heterocycles. The van der Waals surface area contributed by atoms with Crippen molar-refractivity contribution in [2.45, 2.75) is 12.3 Å². The van der Waals surface area contributed by atoms with Crippen LogP contribution < -0.4 is 15.1 Å². The van der Waals surface area contributed by atoms with Gasteiger partial charge in [-0.3, -0.25) is 4.79 Å². The van der Waals surface area contributed by atoms with Crippen LogP contribution in [0.2, 0.25) is 0 Å². The Kier molecular flexibility index (Phi) is 8.21. The summed E-state index contributed by atoms with van der Waals surface area (Å²) >= 11 is 1.87. The van der Waals surface area contributed by atoms with E-state index in [0.29, 0.717) is 6.54 Å². The van der Waals surface area contributed by atoms with Crippen molar-refractivity contribution in [2.75, 3.05) is 45.0 Å². The van der Waals surface area contributed by atoms with Gasteiger partial charge in [-0.1, -0.05) is 60.7 Å². The van der Waals surface area contributed by atoms with Gasteiger partial charge in [-0.05, 0) is 5.56 Å². The lowest BCUT2D eigenvalue weighted by Crippen LogP contribution is -3.28. The van der Waals surface area contributed by atoms with Crippen LogP contribution in [0.25, 0.3) is 0 Å². The molecule has 1 aliphatic rings. The molecule has 0 unspecified atom stereocenters. The normalized spacial score (nSPS) is 19.6. The molecule has 2 aromatic rings. The summed E-state index contributed by atoms with van der Waals surface area (Å²) in [5.41, 5.74) is 2.75. The third-order valence-electron chi connectivity index (χ3n) is 5.05. The summed E-state index contributed by atoms with van der Waals surface area (Å²) in [5, 5.41) is 3.08. The molecule has 27 heavy (non-hydrogen) atoms. The van der Waals surface area contributed by atoms with Crippen LogP contribution in [0.5, 0.6) is 0 Å². The second-order valence-corrected chi connectivity index (χ2v) is 8.33. The molecule has 2 aromatic carbocycles. The van der Waals surface area contributed by atoms with Crippen molar-refractivity contribution in [1.82, 2.24) is 5.32 Å². The lowest BCUT2D eigenvalue weighted by Gasteiger charge is -2.29. The molecule has 0 aliphatic carbocycles. The van der Waals surface area contributed by atoms with Gasteiger partial charge >= 0.3 is 0 Å². The number of benzene rings is 2. The minimum absolute atomic E-state index is 0.192. The van der Waals surface area contributed by atoms with Crippen molar-refractivity contribution in [3.8, 4) is 0 Å². The van der Waals surface area contributed by atoms with Gasteiger partial charge in [-0.2, -0.15) is 11.8 Å². The highest BCUT2D eigenvalue weighted by atomic mass is 32.2. The molecule has 1 saturated heterocycles. The van der Waals surface area contributed by atoms with Crippen molar-refractivity contribution in [1.29, 1.82) is 0 Å². The second kappa shape index (κ2) is 11.1. The molecule has 1 fully saturated rings. The SMILES string of the molecule is O=C(C[NH+]1CC[NH+](Cc2ccccc2)CC1)NCCSCc1ccccc1. The molecular weight excluding hydrogens is 354 g/mol. The molecule has 1 heterocycles. The van der Waals surface area contributed by atoms with Crippen LogP contribution in [0.15, 0.2) is 60.7 Å². The highest BCUT2D eigenvalue weighted by molar-refractivity contribution is 7.98. The van der Waals surface area contributed by atoms with Gasteiger partial charge in [-0.25, -0.2) is 0 Å². The second-order valence-electron chi connectivity index (χ2n) is 7.23. The van der Waals surface area contributed by atoms with Gasteiger partial charge in [0.25, 0.3) is 5.91 Å². The first-order valence-corrected chi connectivity index (χ1v) is 11.0. The summed E-state index contributed by atoms with van der Waals surface area (Å²) in [6, 6.07) is 21.2. The van der Waals surface area contributed by atoms with Crippen LogP contribution in [0.4, 0.5) is 0 Å². The zero-order valence-corrected chi connectivity index (χ0v) is 16.8. The van der Waals surface area contributed by atoms with Crippen molar-refractivity contribution >= 4 is 17.7 Å². The Morgan fingerprint density at radius 3 is 2.11 bits per heavy atom. The maximum Gasteiger partial charge on any atom is 0.275 e. The fourth-order valence-electron chi connectivity index (χ4n) is 3.51. The third-order valence-corrected chi connectivity index (χ3v) is 6.08. The quantitative estimate of drug-likeness (QED) is 0.533. The van der Waals surface area contributed by atoms with Crippen LogP contribution in [0.3, 0.4) is 0 Å². The van der Waals surface area contributed by atoms with Crippen molar-refractivity contribution in [2.24, 2.45) is 0 Å². The molecule has 0 bridgehead atoms. The number of quaternary nitrogens is 2. The fraction of sp³-hybridized carbons (Fsp3) is 0.409. The summed E-state index contributed by atoms with van der Waals surface area (Å²) in [4.78, 5) is 15.2. The monoisotopic (exact) mass is 385 g/mol. The molecule has 4 nitrogen and oxygen atoms in total. The predicted octanol–water partition coefficient (Wildman–Crippen LogP) is 0.0196. The molecule has 3 rings (SSSR count). The number of carbonyl (C=O) groups is 1. The number of amides is 1. The molecule has 0 radical (unpaired) electrons. The van der Waals surface area contributed by atoms with E-state index >= 15 is 0 Å². The summed E-state index contributed by atoms with van der Waals surface area (Å²) < 4.78 is 0. The van der Waals surface area contributed by atoms with Crippen LogP contribution in [-0.4, -0.2) is 50.9 Å². The Morgan fingerprint density at radius 1 is 0.852 bits per heavy atom. The van der Waals surface area contributed by atoms with Gasteiger partial charge in [0, 0.05) is 23.6 Å². The average Bonchev–Trinajstić information content (AvgIpc) is 2.71. The van der Waals surface area contributed by atoms with Crippen LogP contribution in [0, 0.1) is 0 Å². The van der Waals surface area contributed by atoms with E-state index in [4.69, 9.17) is 0 Å². The van der Waals surface area contributed by atoms with Crippen LogP contribution >= 0.6 is 11.8 Å². The first-order chi connectivity index (χ1) is 13.3. The molecule has 0 saturated carbocycles. The average molecular weight is 386 g/mol. The maximum absolute atomic E-state index is 12.2. The van der Waals surface area contributed by atoms with Gasteiger partial charge < -0.3 is 15.1 Å². The van der Waals surface area contributed by atoms with E-state index in [-0.39, 0.29) is 5.91 Å². The summed E-state index contributed by atoms with van der Waals surface area (Å²) in [6.45, 7) is 6.92. The molecule has 5 heteroatoms. The molecule has 3 N–H and O–H groups in total. The number of thioether (sulfide) groups is 1. The number of piperazine rings is 1. The number of nitrogens with one attached hydrogen (secondary N) is 3. The molecule has 0 aromatic heterocycles. The standard InChI is InChI=1S/C22H29N3OS/c26-22(23-11-16-27-19-21-9-5-2-6-10-21)18-25-14-12-24(13-15-25)17-20-7-3-1-4-8-20/h1-10H,11-19H2,(H,23,26)/p+2. The minimum Gasteiger partial charge on any atom is -0.350 e. The Balaban J connectivity index is 1.25. The highest BCUT2D eigenvalue weighted by Gasteiger charge is 2.24. The van der Waals surface area contributed by atoms with E-state index < -0.39 is 0 Å². The van der Waals surface area contributed by atoms with E-state index in [0.717, 1.165) is 50.8 Å². The van der Waals surface area contributed by atoms with E-state index in [1.165, 1.54) is 16.0 Å². The lowest BCUT2D eigenvalue weighted by molar-refractivity contribution is -1.02. The number of carbonyl (C=O) groups excluding carboxylic acids is 1. The Morgan fingerprint density at radius 2 is 1.44 bits per heavy atom. The van der Waals surface area contributed by atoms with E-state index in [1.54, 1.807) is 4.90 Å². The van der Waals surface area contributed by atoms with Gasteiger partial charge in [0.2, 0.25) is 0 Å². The van der Waals surface area contributed by atoms with E-state index in [2.05, 4.69) is 59.9 Å². The maximum atomic E-state index is 12.2. The zero-order valence-electron chi connectivity index (χ0n) is 16.0. The Hall–Kier alpha value is -1.82. The van der Waals surface area contributed by atoms with Gasteiger partial charge in [0.05, 0.1) is 0 Å². The predicted molar refractivity (Wildman–Crippen MR) is 112 cm³/mol. The molecule has 0 spiro atoms. The molecule has 144 valence electrons. The van der Waals surface area contributed by atoms with Gasteiger partial charge in [0.1, 0.15) is 32.7 Å². The van der Waals surface area contributed by atoms with Crippen molar-refractivity contribution in [3.63, 3.8) is 0 Å². The summed E-state index contributed by atoms with van der Waals surface area (Å²) in [6.07, 6.45) is 0. The smallest absolute Gasteiger partial charge is 0.275 e. The minimum atomic E-state index is 0.192. The van der Waals surface area contributed by atoms with Crippen LogP contribution in [-0.2, 0) is 17.1 Å². The van der Waals surface area contributed by atoms with Gasteiger partial charge in [0.15, 0.2) is 6.54 Å². The molecular formula is C22H31N3OS+2. The topological polar surface area (TPSA) is 38.0 Å². The number of rotatable bonds is 9. The summed E-state index contributed by atoms with van der Waals surface area (Å²) in [5.74, 6) is 2.16. The first-order valence-electron chi connectivity index (χ1n) is 9.89. The summed E-state index contributed by atoms with van der Waals surface area (Å²) in [7, 11) is 0. The van der Waals surface area contributed by atoms with Gasteiger partial charge in [-0.15, -0.1) is 0 Å². The van der Waals surface area contributed by atoms with Crippen LogP contribution in [0.1, 0.15) is 11.1 Å². The van der Waals surface area contributed by atoms with Crippen molar-refractivity contribution < 1.29 is 14.6 Å². The number of hydrogen-bond donors (Lipinski definition) is 3. The Bertz CT molecular complexity index is 672. The van der Waals surface area contributed by atoms with E-state index in [1.807, 2.05) is 17.8 Å². The van der Waals surface area contributed by atoms with E-state index in [9.17, 15) is 4.79 Å². The third kappa shape index (κ3) is 7.37. The molecule has 1 amide bonds. The molecule has 0 atom stereocenters. The Labute approximate surface area is 166 Å². The first kappa shape index (κ1) is 19.9. The fourth-order valence-corrected chi connectivity index (χ4v) is 4.33. The zero-order chi connectivity index (χ0) is 18.7. The lowest BCUT2D eigenvalue weighted by atomic mass is 10.2. The number of hydrogen-bond acceptors (Lipinski definition) is 2. The highest BCUT2D eigenvalue weighted by Crippen LogP contribution is 2.10. The van der Waals surface area contributed by atoms with Crippen molar-refractivity contribution in [3.05, 3.63) is 71.8 Å².